The lowest BCUT2D eigenvalue weighted by Crippen LogP contribution is -2.54. The minimum Gasteiger partial charge on any atom is -0.490 e. The molecule has 1 aliphatic heterocycles. The van der Waals surface area contributed by atoms with Crippen molar-refractivity contribution in [3.8, 4) is 11.5 Å². The molecule has 42 heavy (non-hydrogen) atoms. The van der Waals surface area contributed by atoms with E-state index in [9.17, 15) is 29.3 Å². The summed E-state index contributed by atoms with van der Waals surface area (Å²) in [6.07, 6.45) is 1.30. The van der Waals surface area contributed by atoms with Crippen LogP contribution in [-0.4, -0.2) is 41.9 Å². The van der Waals surface area contributed by atoms with Crippen LogP contribution in [0.3, 0.4) is 0 Å². The van der Waals surface area contributed by atoms with Crippen molar-refractivity contribution in [3.05, 3.63) is 90.5 Å². The van der Waals surface area contributed by atoms with Crippen LogP contribution >= 0.6 is 22.6 Å². The molecule has 1 fully saturated rings. The fraction of sp³-hybridized carbons (Fsp3) is 0.172. The number of nitrogens with zero attached hydrogens (tertiary/aromatic N) is 2. The quantitative estimate of drug-likeness (QED) is 0.106. The molecular weight excluding hydrogens is 659 g/mol. The Morgan fingerprint density at radius 3 is 2.45 bits per heavy atom. The van der Waals surface area contributed by atoms with Crippen molar-refractivity contribution in [2.75, 3.05) is 23.4 Å². The number of carbonyl (C=O) groups is 4. The molecule has 4 rings (SSSR count). The number of barbiturate groups is 1. The molecule has 216 valence electrons. The van der Waals surface area contributed by atoms with Crippen LogP contribution in [0.2, 0.25) is 0 Å². The first-order chi connectivity index (χ1) is 20.0. The Kier molecular flexibility index (Phi) is 9.20. The van der Waals surface area contributed by atoms with Crippen LogP contribution in [0, 0.1) is 27.5 Å². The standard InChI is InChI=1S/C29H25IN4O8/c1-4-41-24-14-18(13-22(30)26(24)42-15-25(35)31-23-11-16(2)5-6-17(23)3)12-21-27(36)32-29(38)33(28(21)37)19-7-9-20(10-8-19)34(39)40/h5-14H,4,15H2,1-3H3,(H,31,35)(H,32,36,38)/b21-12-. The number of halogens is 1. The van der Waals surface area contributed by atoms with E-state index in [0.717, 1.165) is 28.2 Å². The number of ether oxygens (including phenoxy) is 2. The molecule has 12 nitrogen and oxygen atoms in total. The molecule has 3 aromatic carbocycles. The third-order valence-corrected chi connectivity index (χ3v) is 6.88. The van der Waals surface area contributed by atoms with Gasteiger partial charge < -0.3 is 14.8 Å². The first kappa shape index (κ1) is 30.2. The lowest BCUT2D eigenvalue weighted by molar-refractivity contribution is -0.384. The first-order valence-corrected chi connectivity index (χ1v) is 13.7. The monoisotopic (exact) mass is 684 g/mol. The highest BCUT2D eigenvalue weighted by Gasteiger charge is 2.37. The number of carbonyl (C=O) groups excluding carboxylic acids is 4. The zero-order chi connectivity index (χ0) is 30.6. The maximum atomic E-state index is 13.2. The van der Waals surface area contributed by atoms with Gasteiger partial charge in [-0.05, 0) is 96.5 Å². The van der Waals surface area contributed by atoms with E-state index in [-0.39, 0.29) is 41.8 Å². The maximum Gasteiger partial charge on any atom is 0.335 e. The van der Waals surface area contributed by atoms with Crippen LogP contribution in [0.5, 0.6) is 11.5 Å². The molecule has 1 aliphatic rings. The Labute approximate surface area is 254 Å². The normalized spacial score (nSPS) is 14.0. The molecule has 0 atom stereocenters. The fourth-order valence-electron chi connectivity index (χ4n) is 4.05. The number of aryl methyl sites for hydroxylation is 2. The number of nitro groups is 1. The van der Waals surface area contributed by atoms with Crippen molar-refractivity contribution < 1.29 is 33.6 Å². The van der Waals surface area contributed by atoms with Crippen LogP contribution in [0.1, 0.15) is 23.6 Å². The molecule has 0 unspecified atom stereocenters. The van der Waals surface area contributed by atoms with E-state index in [0.29, 0.717) is 20.6 Å². The van der Waals surface area contributed by atoms with Crippen molar-refractivity contribution in [2.45, 2.75) is 20.8 Å². The van der Waals surface area contributed by atoms with Crippen LogP contribution < -0.4 is 25.0 Å². The summed E-state index contributed by atoms with van der Waals surface area (Å²) in [6.45, 7) is 5.55. The van der Waals surface area contributed by atoms with E-state index < -0.39 is 22.8 Å². The van der Waals surface area contributed by atoms with Crippen molar-refractivity contribution in [2.24, 2.45) is 0 Å². The van der Waals surface area contributed by atoms with E-state index in [1.165, 1.54) is 18.2 Å². The molecule has 1 heterocycles. The zero-order valence-corrected chi connectivity index (χ0v) is 24.9. The Hall–Kier alpha value is -4.79. The van der Waals surface area contributed by atoms with Crippen molar-refractivity contribution >= 4 is 69.5 Å². The number of non-ortho nitro benzene ring substituents is 1. The number of nitrogens with one attached hydrogen (secondary N) is 2. The summed E-state index contributed by atoms with van der Waals surface area (Å²) in [5.74, 6) is -1.59. The summed E-state index contributed by atoms with van der Waals surface area (Å²) < 4.78 is 12.1. The molecule has 0 spiro atoms. The van der Waals surface area contributed by atoms with Gasteiger partial charge in [-0.3, -0.25) is 29.8 Å². The highest BCUT2D eigenvalue weighted by Crippen LogP contribution is 2.35. The molecule has 0 aromatic heterocycles. The third kappa shape index (κ3) is 6.74. The predicted molar refractivity (Wildman–Crippen MR) is 162 cm³/mol. The molecule has 1 saturated heterocycles. The smallest absolute Gasteiger partial charge is 0.335 e. The molecule has 5 amide bonds. The van der Waals surface area contributed by atoms with Crippen LogP contribution in [-0.2, 0) is 14.4 Å². The van der Waals surface area contributed by atoms with Gasteiger partial charge in [0, 0.05) is 17.8 Å². The second-order valence-corrected chi connectivity index (χ2v) is 10.3. The summed E-state index contributed by atoms with van der Waals surface area (Å²) in [5, 5.41) is 15.9. The largest absolute Gasteiger partial charge is 0.490 e. The summed E-state index contributed by atoms with van der Waals surface area (Å²) in [6, 6.07) is 12.7. The highest BCUT2D eigenvalue weighted by molar-refractivity contribution is 14.1. The van der Waals surface area contributed by atoms with Gasteiger partial charge in [0.05, 0.1) is 20.8 Å². The van der Waals surface area contributed by atoms with Gasteiger partial charge in [-0.1, -0.05) is 12.1 Å². The van der Waals surface area contributed by atoms with E-state index in [4.69, 9.17) is 9.47 Å². The average Bonchev–Trinajstić information content (AvgIpc) is 2.93. The number of benzene rings is 3. The van der Waals surface area contributed by atoms with Gasteiger partial charge >= 0.3 is 6.03 Å². The van der Waals surface area contributed by atoms with Gasteiger partial charge in [-0.2, -0.15) is 0 Å². The number of imide groups is 2. The Morgan fingerprint density at radius 2 is 1.79 bits per heavy atom. The van der Waals surface area contributed by atoms with Gasteiger partial charge in [0.1, 0.15) is 5.57 Å². The summed E-state index contributed by atoms with van der Waals surface area (Å²) >= 11 is 1.99. The summed E-state index contributed by atoms with van der Waals surface area (Å²) in [4.78, 5) is 62.1. The minimum absolute atomic E-state index is 0.0500. The first-order valence-electron chi connectivity index (χ1n) is 12.6. The number of amides is 5. The second-order valence-electron chi connectivity index (χ2n) is 9.15. The van der Waals surface area contributed by atoms with E-state index in [2.05, 4.69) is 10.6 Å². The molecule has 0 radical (unpaired) electrons. The van der Waals surface area contributed by atoms with Crippen LogP contribution in [0.15, 0.2) is 60.2 Å². The molecule has 0 saturated carbocycles. The SMILES string of the molecule is CCOc1cc(/C=C2/C(=O)NC(=O)N(c3ccc([N+](=O)[O-])cc3)C2=O)cc(I)c1OCC(=O)Nc1cc(C)ccc1C. The van der Waals surface area contributed by atoms with E-state index >= 15 is 0 Å². The molecule has 13 heteroatoms. The Balaban J connectivity index is 1.58. The number of hydrogen-bond acceptors (Lipinski definition) is 8. The third-order valence-electron chi connectivity index (χ3n) is 6.08. The van der Waals surface area contributed by atoms with Crippen molar-refractivity contribution in [1.82, 2.24) is 5.32 Å². The number of rotatable bonds is 9. The number of hydrogen-bond donors (Lipinski definition) is 2. The molecule has 0 aliphatic carbocycles. The molecule has 0 bridgehead atoms. The second kappa shape index (κ2) is 12.8. The topological polar surface area (TPSA) is 157 Å². The average molecular weight is 684 g/mol. The van der Waals surface area contributed by atoms with Gasteiger partial charge in [0.15, 0.2) is 18.1 Å². The predicted octanol–water partition coefficient (Wildman–Crippen LogP) is 4.90. The van der Waals surface area contributed by atoms with Gasteiger partial charge in [0.25, 0.3) is 23.4 Å². The zero-order valence-electron chi connectivity index (χ0n) is 22.7. The molecule has 3 aromatic rings. The van der Waals surface area contributed by atoms with Crippen LogP contribution in [0.25, 0.3) is 6.08 Å². The molecule has 2 N–H and O–H groups in total. The fourth-order valence-corrected chi connectivity index (χ4v) is 4.83. The number of anilines is 2. The highest BCUT2D eigenvalue weighted by atomic mass is 127. The Bertz CT molecular complexity index is 1640. The summed E-state index contributed by atoms with van der Waals surface area (Å²) in [5.41, 5.74) is 2.47. The van der Waals surface area contributed by atoms with Gasteiger partial charge in [-0.25, -0.2) is 9.69 Å². The molecular formula is C29H25IN4O8. The van der Waals surface area contributed by atoms with Crippen LogP contribution in [0.4, 0.5) is 21.9 Å². The minimum atomic E-state index is -0.983. The van der Waals surface area contributed by atoms with E-state index in [1.54, 1.807) is 19.1 Å². The lowest BCUT2D eigenvalue weighted by atomic mass is 10.1. The Morgan fingerprint density at radius 1 is 1.07 bits per heavy atom. The van der Waals surface area contributed by atoms with Crippen molar-refractivity contribution in [1.29, 1.82) is 0 Å². The summed E-state index contributed by atoms with van der Waals surface area (Å²) in [7, 11) is 0. The number of nitro benzene ring substituents is 1. The van der Waals surface area contributed by atoms with Crippen molar-refractivity contribution in [3.63, 3.8) is 0 Å². The maximum absolute atomic E-state index is 13.2. The number of urea groups is 1. The van der Waals surface area contributed by atoms with E-state index in [1.807, 2.05) is 54.6 Å². The lowest BCUT2D eigenvalue weighted by Gasteiger charge is -2.26. The van der Waals surface area contributed by atoms with Gasteiger partial charge in [0.2, 0.25) is 0 Å². The van der Waals surface area contributed by atoms with Gasteiger partial charge in [-0.15, -0.1) is 0 Å².